The smallest absolute Gasteiger partial charge is 0.262 e. The Balaban J connectivity index is 1.54. The van der Waals surface area contributed by atoms with Gasteiger partial charge in [-0.3, -0.25) is 9.36 Å². The molecule has 1 amide bonds. The van der Waals surface area contributed by atoms with Gasteiger partial charge < -0.3 is 10.1 Å². The molecule has 0 aliphatic carbocycles. The van der Waals surface area contributed by atoms with Crippen molar-refractivity contribution < 1.29 is 9.53 Å². The summed E-state index contributed by atoms with van der Waals surface area (Å²) < 4.78 is 7.02. The lowest BCUT2D eigenvalue weighted by atomic mass is 10.3. The summed E-state index contributed by atoms with van der Waals surface area (Å²) in [6.45, 7) is -0.120. The van der Waals surface area contributed by atoms with Crippen molar-refractivity contribution in [2.45, 2.75) is 0 Å². The molecule has 3 rings (SSSR count). The molecule has 8 heteroatoms. The number of hydrogen-bond donors (Lipinski definition) is 1. The van der Waals surface area contributed by atoms with E-state index < -0.39 is 0 Å². The molecule has 0 radical (unpaired) electrons. The number of halogens is 1. The first-order chi connectivity index (χ1) is 11.2. The Hall–Kier alpha value is -2.93. The van der Waals surface area contributed by atoms with Crippen molar-refractivity contribution in [2.75, 3.05) is 11.9 Å². The molecule has 0 fully saturated rings. The molecule has 0 unspecified atom stereocenters. The number of aromatic nitrogens is 4. The molecule has 0 spiro atoms. The molecule has 3 aromatic rings. The highest BCUT2D eigenvalue weighted by Crippen LogP contribution is 2.15. The number of rotatable bonds is 5. The molecule has 1 N–H and O–H groups in total. The van der Waals surface area contributed by atoms with Crippen LogP contribution in [0.4, 0.5) is 5.69 Å². The largest absolute Gasteiger partial charge is 0.484 e. The second-order valence-electron chi connectivity index (χ2n) is 4.53. The van der Waals surface area contributed by atoms with E-state index in [1.54, 1.807) is 47.6 Å². The predicted molar refractivity (Wildman–Crippen MR) is 84.7 cm³/mol. The lowest BCUT2D eigenvalue weighted by Gasteiger charge is -2.07. The third-order valence-corrected chi connectivity index (χ3v) is 3.09. The highest BCUT2D eigenvalue weighted by molar-refractivity contribution is 6.30. The van der Waals surface area contributed by atoms with Crippen molar-refractivity contribution in [3.8, 4) is 11.7 Å². The van der Waals surface area contributed by atoms with Gasteiger partial charge in [0.2, 0.25) is 5.95 Å². The van der Waals surface area contributed by atoms with E-state index in [0.717, 1.165) is 0 Å². The van der Waals surface area contributed by atoms with E-state index in [9.17, 15) is 4.79 Å². The van der Waals surface area contributed by atoms with Gasteiger partial charge in [0, 0.05) is 17.4 Å². The van der Waals surface area contributed by atoms with Crippen LogP contribution in [0.3, 0.4) is 0 Å². The second kappa shape index (κ2) is 6.89. The number of hydrogen-bond acceptors (Lipinski definition) is 5. The zero-order valence-electron chi connectivity index (χ0n) is 11.9. The number of nitrogens with zero attached hydrogens (tertiary/aromatic N) is 4. The minimum absolute atomic E-state index is 0.120. The van der Waals surface area contributed by atoms with Crippen LogP contribution in [0, 0.1) is 0 Å². The summed E-state index contributed by atoms with van der Waals surface area (Å²) in [4.78, 5) is 24.0. The zero-order valence-corrected chi connectivity index (χ0v) is 12.6. The molecular formula is C15H12ClN5O2. The maximum atomic E-state index is 11.8. The monoisotopic (exact) mass is 329 g/mol. The van der Waals surface area contributed by atoms with Crippen LogP contribution in [0.1, 0.15) is 0 Å². The first-order valence-corrected chi connectivity index (χ1v) is 7.07. The Bertz CT molecular complexity index is 773. The molecule has 0 saturated carbocycles. The summed E-state index contributed by atoms with van der Waals surface area (Å²) >= 11 is 5.78. The standard InChI is InChI=1S/C15H12ClN5O2/c16-11-1-3-13(4-2-11)23-9-14(22)20-12-7-18-15(19-8-12)21-6-5-17-10-21/h1-8,10H,9H2,(H,20,22). The number of amides is 1. The molecule has 2 heterocycles. The van der Waals surface area contributed by atoms with Gasteiger partial charge in [-0.05, 0) is 24.3 Å². The Morgan fingerprint density at radius 1 is 1.22 bits per heavy atom. The number of carbonyl (C=O) groups excluding carboxylic acids is 1. The highest BCUT2D eigenvalue weighted by atomic mass is 35.5. The van der Waals surface area contributed by atoms with E-state index in [1.807, 2.05) is 0 Å². The number of carbonyl (C=O) groups is 1. The van der Waals surface area contributed by atoms with Gasteiger partial charge in [0.15, 0.2) is 6.61 Å². The molecule has 7 nitrogen and oxygen atoms in total. The number of benzene rings is 1. The number of ether oxygens (including phenoxy) is 1. The molecule has 2 aromatic heterocycles. The SMILES string of the molecule is O=C(COc1ccc(Cl)cc1)Nc1cnc(-n2ccnc2)nc1. The maximum absolute atomic E-state index is 11.8. The summed E-state index contributed by atoms with van der Waals surface area (Å²) in [5.41, 5.74) is 0.485. The van der Waals surface area contributed by atoms with Crippen LogP contribution in [0.15, 0.2) is 55.4 Å². The Labute approximate surface area is 136 Å². The van der Waals surface area contributed by atoms with Crippen LogP contribution in [-0.4, -0.2) is 32.0 Å². The summed E-state index contributed by atoms with van der Waals surface area (Å²) in [7, 11) is 0. The topological polar surface area (TPSA) is 81.9 Å². The van der Waals surface area contributed by atoms with Gasteiger partial charge in [-0.1, -0.05) is 11.6 Å². The van der Waals surface area contributed by atoms with Gasteiger partial charge in [-0.25, -0.2) is 15.0 Å². The third-order valence-electron chi connectivity index (χ3n) is 2.84. The lowest BCUT2D eigenvalue weighted by molar-refractivity contribution is -0.118. The van der Waals surface area contributed by atoms with Crippen molar-refractivity contribution in [1.29, 1.82) is 0 Å². The predicted octanol–water partition coefficient (Wildman–Crippen LogP) is 2.33. The second-order valence-corrected chi connectivity index (χ2v) is 4.97. The third kappa shape index (κ3) is 4.04. The van der Waals surface area contributed by atoms with Gasteiger partial charge >= 0.3 is 0 Å². The normalized spacial score (nSPS) is 10.3. The van der Waals surface area contributed by atoms with Crippen LogP contribution in [-0.2, 0) is 4.79 Å². The summed E-state index contributed by atoms with van der Waals surface area (Å²) in [5.74, 6) is 0.730. The average Bonchev–Trinajstić information content (AvgIpc) is 3.09. The Morgan fingerprint density at radius 2 is 1.96 bits per heavy atom. The fourth-order valence-corrected chi connectivity index (χ4v) is 1.90. The van der Waals surface area contributed by atoms with Crippen LogP contribution in [0.5, 0.6) is 5.75 Å². The van der Waals surface area contributed by atoms with Crippen molar-refractivity contribution in [3.05, 3.63) is 60.4 Å². The Kier molecular flexibility index (Phi) is 4.49. The van der Waals surface area contributed by atoms with Crippen molar-refractivity contribution >= 4 is 23.2 Å². The van der Waals surface area contributed by atoms with Crippen molar-refractivity contribution in [3.63, 3.8) is 0 Å². The minimum atomic E-state index is -0.307. The van der Waals surface area contributed by atoms with Crippen molar-refractivity contribution in [1.82, 2.24) is 19.5 Å². The van der Waals surface area contributed by atoms with Crippen LogP contribution in [0.2, 0.25) is 5.02 Å². The fraction of sp³-hybridized carbons (Fsp3) is 0.0667. The molecular weight excluding hydrogens is 318 g/mol. The molecule has 0 aliphatic heterocycles. The molecule has 0 saturated heterocycles. The Morgan fingerprint density at radius 3 is 2.61 bits per heavy atom. The van der Waals surface area contributed by atoms with Gasteiger partial charge in [0.1, 0.15) is 12.1 Å². The molecule has 116 valence electrons. The first kappa shape index (κ1) is 15.0. The van der Waals surface area contributed by atoms with E-state index >= 15 is 0 Å². The van der Waals surface area contributed by atoms with Crippen LogP contribution >= 0.6 is 11.6 Å². The summed E-state index contributed by atoms with van der Waals surface area (Å²) in [6.07, 6.45) is 7.99. The van der Waals surface area contributed by atoms with Gasteiger partial charge in [0.25, 0.3) is 5.91 Å². The van der Waals surface area contributed by atoms with E-state index in [1.165, 1.54) is 12.4 Å². The van der Waals surface area contributed by atoms with Crippen molar-refractivity contribution in [2.24, 2.45) is 0 Å². The van der Waals surface area contributed by atoms with E-state index in [4.69, 9.17) is 16.3 Å². The van der Waals surface area contributed by atoms with E-state index in [0.29, 0.717) is 22.4 Å². The molecule has 23 heavy (non-hydrogen) atoms. The van der Waals surface area contributed by atoms with Crippen LogP contribution < -0.4 is 10.1 Å². The maximum Gasteiger partial charge on any atom is 0.262 e. The summed E-state index contributed by atoms with van der Waals surface area (Å²) in [6, 6.07) is 6.77. The average molecular weight is 330 g/mol. The first-order valence-electron chi connectivity index (χ1n) is 6.69. The number of imidazole rings is 1. The van der Waals surface area contributed by atoms with Gasteiger partial charge in [-0.15, -0.1) is 0 Å². The zero-order chi connectivity index (χ0) is 16.1. The minimum Gasteiger partial charge on any atom is -0.484 e. The van der Waals surface area contributed by atoms with E-state index in [2.05, 4.69) is 20.3 Å². The summed E-state index contributed by atoms with van der Waals surface area (Å²) in [5, 5.41) is 3.26. The van der Waals surface area contributed by atoms with E-state index in [-0.39, 0.29) is 12.5 Å². The molecule has 0 atom stereocenters. The highest BCUT2D eigenvalue weighted by Gasteiger charge is 2.05. The number of nitrogens with one attached hydrogen (secondary N) is 1. The molecule has 1 aromatic carbocycles. The lowest BCUT2D eigenvalue weighted by Crippen LogP contribution is -2.20. The quantitative estimate of drug-likeness (QED) is 0.777. The fourth-order valence-electron chi connectivity index (χ4n) is 1.77. The molecule has 0 bridgehead atoms. The van der Waals surface area contributed by atoms with Crippen LogP contribution in [0.25, 0.3) is 5.95 Å². The number of anilines is 1. The van der Waals surface area contributed by atoms with Gasteiger partial charge in [-0.2, -0.15) is 0 Å². The van der Waals surface area contributed by atoms with Gasteiger partial charge in [0.05, 0.1) is 18.1 Å². The molecule has 0 aliphatic rings.